The fourth-order valence-electron chi connectivity index (χ4n) is 1.57. The molecule has 0 radical (unpaired) electrons. The van der Waals surface area contributed by atoms with Crippen LogP contribution >= 0.6 is 0 Å². The van der Waals surface area contributed by atoms with Crippen molar-refractivity contribution in [2.45, 2.75) is 12.7 Å². The molecule has 2 aromatic heterocycles. The van der Waals surface area contributed by atoms with E-state index in [9.17, 15) is 18.0 Å². The summed E-state index contributed by atoms with van der Waals surface area (Å²) >= 11 is 0. The van der Waals surface area contributed by atoms with Crippen molar-refractivity contribution in [3.8, 4) is 5.88 Å². The number of aromatic nitrogens is 2. The monoisotopic (exact) mass is 326 g/mol. The van der Waals surface area contributed by atoms with Crippen molar-refractivity contribution < 1.29 is 22.7 Å². The van der Waals surface area contributed by atoms with Crippen LogP contribution in [0, 0.1) is 0 Å². The first-order chi connectivity index (χ1) is 10.9. The Morgan fingerprint density at radius 3 is 2.61 bits per heavy atom. The molecule has 0 aliphatic heterocycles. The average molecular weight is 326 g/mol. The smallest absolute Gasteiger partial charge is 0.422 e. The quantitative estimate of drug-likeness (QED) is 0.886. The van der Waals surface area contributed by atoms with Crippen LogP contribution in [0.3, 0.4) is 0 Å². The van der Waals surface area contributed by atoms with Gasteiger partial charge in [0.2, 0.25) is 5.88 Å². The first kappa shape index (κ1) is 16.5. The third-order valence-corrected chi connectivity index (χ3v) is 2.53. The molecule has 0 bridgehead atoms. The van der Waals surface area contributed by atoms with Gasteiger partial charge in [0, 0.05) is 24.1 Å². The van der Waals surface area contributed by atoms with Gasteiger partial charge in [0.1, 0.15) is 0 Å². The first-order valence-electron chi connectivity index (χ1n) is 6.53. The second-order valence-electron chi connectivity index (χ2n) is 4.41. The molecule has 23 heavy (non-hydrogen) atoms. The minimum atomic E-state index is -4.43. The van der Waals surface area contributed by atoms with E-state index in [4.69, 9.17) is 0 Å². The number of ether oxygens (including phenoxy) is 1. The number of anilines is 1. The Kier molecular flexibility index (Phi) is 5.34. The average Bonchev–Trinajstić information content (AvgIpc) is 2.52. The van der Waals surface area contributed by atoms with Gasteiger partial charge in [-0.25, -0.2) is 9.78 Å². The topological polar surface area (TPSA) is 76.1 Å². The van der Waals surface area contributed by atoms with E-state index in [0.717, 1.165) is 0 Å². The van der Waals surface area contributed by atoms with Crippen LogP contribution in [0.1, 0.15) is 5.69 Å². The van der Waals surface area contributed by atoms with E-state index in [-0.39, 0.29) is 12.4 Å². The maximum atomic E-state index is 12.1. The third kappa shape index (κ3) is 6.20. The van der Waals surface area contributed by atoms with E-state index < -0.39 is 18.8 Å². The van der Waals surface area contributed by atoms with Crippen molar-refractivity contribution in [1.29, 1.82) is 0 Å². The van der Waals surface area contributed by atoms with Crippen molar-refractivity contribution in [3.05, 3.63) is 48.4 Å². The number of nitrogens with one attached hydrogen (secondary N) is 2. The molecule has 0 aliphatic rings. The van der Waals surface area contributed by atoms with E-state index in [0.29, 0.717) is 11.4 Å². The largest absolute Gasteiger partial charge is 0.468 e. The van der Waals surface area contributed by atoms with Crippen molar-refractivity contribution in [2.24, 2.45) is 0 Å². The van der Waals surface area contributed by atoms with Crippen molar-refractivity contribution in [2.75, 3.05) is 11.9 Å². The zero-order chi connectivity index (χ0) is 16.7. The minimum Gasteiger partial charge on any atom is -0.468 e. The van der Waals surface area contributed by atoms with Gasteiger partial charge in [-0.3, -0.25) is 4.98 Å². The van der Waals surface area contributed by atoms with Crippen LogP contribution in [0.15, 0.2) is 42.7 Å². The van der Waals surface area contributed by atoms with Gasteiger partial charge in [0.25, 0.3) is 0 Å². The lowest BCUT2D eigenvalue weighted by molar-refractivity contribution is -0.154. The van der Waals surface area contributed by atoms with Gasteiger partial charge in [0.05, 0.1) is 12.2 Å². The summed E-state index contributed by atoms with van der Waals surface area (Å²) in [5, 5.41) is 5.11. The molecule has 0 spiro atoms. The highest BCUT2D eigenvalue weighted by molar-refractivity contribution is 5.88. The van der Waals surface area contributed by atoms with Crippen molar-refractivity contribution >= 4 is 11.7 Å². The SMILES string of the molecule is O=C(NCc1cccc(OCC(F)(F)F)n1)Nc1ccncc1. The van der Waals surface area contributed by atoms with Gasteiger partial charge < -0.3 is 15.4 Å². The molecular weight excluding hydrogens is 313 g/mol. The summed E-state index contributed by atoms with van der Waals surface area (Å²) < 4.78 is 40.8. The number of hydrogen-bond acceptors (Lipinski definition) is 4. The van der Waals surface area contributed by atoms with E-state index in [2.05, 4.69) is 25.3 Å². The van der Waals surface area contributed by atoms with Crippen LogP contribution in [0.2, 0.25) is 0 Å². The summed E-state index contributed by atoms with van der Waals surface area (Å²) in [6.45, 7) is -1.38. The van der Waals surface area contributed by atoms with Crippen LogP contribution in [-0.2, 0) is 6.54 Å². The lowest BCUT2D eigenvalue weighted by atomic mass is 10.3. The van der Waals surface area contributed by atoms with Crippen LogP contribution in [0.4, 0.5) is 23.7 Å². The zero-order valence-electron chi connectivity index (χ0n) is 11.8. The Labute approximate surface area is 129 Å². The van der Waals surface area contributed by atoms with Crippen LogP contribution in [0.25, 0.3) is 0 Å². The molecule has 0 unspecified atom stereocenters. The van der Waals surface area contributed by atoms with Crippen LogP contribution in [0.5, 0.6) is 5.88 Å². The normalized spacial score (nSPS) is 10.9. The molecule has 0 saturated heterocycles. The Bertz CT molecular complexity index is 650. The number of halogens is 3. The fraction of sp³-hybridized carbons (Fsp3) is 0.214. The van der Waals surface area contributed by atoms with Gasteiger partial charge in [-0.05, 0) is 18.2 Å². The number of carbonyl (C=O) groups is 1. The lowest BCUT2D eigenvalue weighted by Gasteiger charge is -2.10. The number of amides is 2. The Morgan fingerprint density at radius 2 is 1.91 bits per heavy atom. The summed E-state index contributed by atoms with van der Waals surface area (Å²) in [5.41, 5.74) is 0.933. The predicted octanol–water partition coefficient (Wildman–Crippen LogP) is 2.74. The first-order valence-corrected chi connectivity index (χ1v) is 6.53. The molecule has 0 saturated carbocycles. The maximum Gasteiger partial charge on any atom is 0.422 e. The number of hydrogen-bond donors (Lipinski definition) is 2. The molecule has 0 atom stereocenters. The molecule has 2 heterocycles. The highest BCUT2D eigenvalue weighted by atomic mass is 19.4. The maximum absolute atomic E-state index is 12.1. The number of rotatable bonds is 5. The van der Waals surface area contributed by atoms with E-state index in [1.54, 1.807) is 18.2 Å². The number of pyridine rings is 2. The number of nitrogens with zero attached hydrogens (tertiary/aromatic N) is 2. The summed E-state index contributed by atoms with van der Waals surface area (Å²) in [6, 6.07) is 7.13. The van der Waals surface area contributed by atoms with Gasteiger partial charge in [0.15, 0.2) is 6.61 Å². The predicted molar refractivity (Wildman–Crippen MR) is 75.9 cm³/mol. The van der Waals surface area contributed by atoms with E-state index in [1.807, 2.05) is 0 Å². The molecule has 0 aromatic carbocycles. The van der Waals surface area contributed by atoms with E-state index >= 15 is 0 Å². The van der Waals surface area contributed by atoms with Crippen LogP contribution < -0.4 is 15.4 Å². The second kappa shape index (κ2) is 7.43. The summed E-state index contributed by atoms with van der Waals surface area (Å²) in [6.07, 6.45) is -1.38. The Balaban J connectivity index is 1.84. The van der Waals surface area contributed by atoms with Crippen LogP contribution in [-0.4, -0.2) is 28.8 Å². The molecule has 6 nitrogen and oxygen atoms in total. The molecule has 0 aliphatic carbocycles. The third-order valence-electron chi connectivity index (χ3n) is 2.53. The molecule has 2 N–H and O–H groups in total. The number of urea groups is 1. The van der Waals surface area contributed by atoms with Gasteiger partial charge >= 0.3 is 12.2 Å². The summed E-state index contributed by atoms with van der Waals surface area (Å²) in [5.74, 6) is -0.156. The molecular formula is C14H13F3N4O2. The van der Waals surface area contributed by atoms with Crippen molar-refractivity contribution in [1.82, 2.24) is 15.3 Å². The Hall–Kier alpha value is -2.84. The van der Waals surface area contributed by atoms with Crippen molar-refractivity contribution in [3.63, 3.8) is 0 Å². The summed E-state index contributed by atoms with van der Waals surface area (Å²) in [4.78, 5) is 19.4. The van der Waals surface area contributed by atoms with Gasteiger partial charge in [-0.2, -0.15) is 13.2 Å². The highest BCUT2D eigenvalue weighted by Crippen LogP contribution is 2.17. The number of alkyl halides is 3. The standard InChI is InChI=1S/C14H13F3N4O2/c15-14(16,17)9-23-12-3-1-2-11(20-12)8-19-13(22)21-10-4-6-18-7-5-10/h1-7H,8-9H2,(H2,18,19,21,22). The van der Waals surface area contributed by atoms with E-state index in [1.165, 1.54) is 24.5 Å². The minimum absolute atomic E-state index is 0.0418. The highest BCUT2D eigenvalue weighted by Gasteiger charge is 2.28. The van der Waals surface area contributed by atoms with Gasteiger partial charge in [-0.15, -0.1) is 0 Å². The molecule has 2 amide bonds. The lowest BCUT2D eigenvalue weighted by Crippen LogP contribution is -2.28. The zero-order valence-corrected chi connectivity index (χ0v) is 11.8. The second-order valence-corrected chi connectivity index (χ2v) is 4.41. The molecule has 2 rings (SSSR count). The van der Waals surface area contributed by atoms with Gasteiger partial charge in [-0.1, -0.05) is 6.07 Å². The Morgan fingerprint density at radius 1 is 1.17 bits per heavy atom. The molecule has 122 valence electrons. The molecule has 2 aromatic rings. The fourth-order valence-corrected chi connectivity index (χ4v) is 1.57. The number of carbonyl (C=O) groups excluding carboxylic acids is 1. The summed E-state index contributed by atoms with van der Waals surface area (Å²) in [7, 11) is 0. The molecule has 9 heteroatoms. The molecule has 0 fully saturated rings.